The monoisotopic (exact) mass is 416 g/mol. The highest BCUT2D eigenvalue weighted by atomic mass is 35.5. The molecule has 2 rings (SSSR count). The van der Waals surface area contributed by atoms with Gasteiger partial charge in [0.15, 0.2) is 6.10 Å². The number of hydrogen-bond donors (Lipinski definition) is 1. The van der Waals surface area contributed by atoms with Crippen molar-refractivity contribution < 1.29 is 22.7 Å². The van der Waals surface area contributed by atoms with Crippen LogP contribution < -0.4 is 5.32 Å². The molecule has 1 aliphatic rings. The van der Waals surface area contributed by atoms with Crippen LogP contribution in [0, 0.1) is 5.92 Å². The normalized spacial score (nSPS) is 17.5. The van der Waals surface area contributed by atoms with E-state index in [4.69, 9.17) is 16.3 Å². The molecule has 1 atom stereocenters. The minimum Gasteiger partial charge on any atom is -0.452 e. The summed E-state index contributed by atoms with van der Waals surface area (Å²) in [5.41, 5.74) is 0. The van der Waals surface area contributed by atoms with Gasteiger partial charge in [0.1, 0.15) is 0 Å². The Morgan fingerprint density at radius 1 is 1.15 bits per heavy atom. The fourth-order valence-electron chi connectivity index (χ4n) is 2.81. The molecule has 1 saturated heterocycles. The summed E-state index contributed by atoms with van der Waals surface area (Å²) >= 11 is 5.80. The van der Waals surface area contributed by atoms with E-state index in [1.165, 1.54) is 35.5 Å². The Morgan fingerprint density at radius 2 is 1.70 bits per heavy atom. The van der Waals surface area contributed by atoms with Crippen LogP contribution in [-0.4, -0.2) is 49.8 Å². The highest BCUT2D eigenvalue weighted by Crippen LogP contribution is 2.25. The molecule has 0 aromatic heterocycles. The fraction of sp³-hybridized carbons (Fsp3) is 0.556. The molecule has 1 amide bonds. The molecule has 27 heavy (non-hydrogen) atoms. The second kappa shape index (κ2) is 9.03. The Morgan fingerprint density at radius 3 is 2.22 bits per heavy atom. The summed E-state index contributed by atoms with van der Waals surface area (Å²) in [4.78, 5) is 24.3. The van der Waals surface area contributed by atoms with E-state index < -0.39 is 28.0 Å². The van der Waals surface area contributed by atoms with Gasteiger partial charge < -0.3 is 10.1 Å². The number of hydrogen-bond acceptors (Lipinski definition) is 5. The number of halogens is 1. The first-order valence-corrected chi connectivity index (χ1v) is 10.7. The van der Waals surface area contributed by atoms with Gasteiger partial charge in [-0.2, -0.15) is 4.31 Å². The summed E-state index contributed by atoms with van der Waals surface area (Å²) < 4.78 is 31.9. The average molecular weight is 417 g/mol. The largest absolute Gasteiger partial charge is 0.452 e. The van der Waals surface area contributed by atoms with E-state index in [9.17, 15) is 18.0 Å². The Balaban J connectivity index is 1.91. The quantitative estimate of drug-likeness (QED) is 0.717. The highest BCUT2D eigenvalue weighted by Gasteiger charge is 2.33. The van der Waals surface area contributed by atoms with Gasteiger partial charge >= 0.3 is 5.97 Å². The van der Waals surface area contributed by atoms with Gasteiger partial charge in [-0.15, -0.1) is 0 Å². The van der Waals surface area contributed by atoms with Crippen molar-refractivity contribution in [3.8, 4) is 0 Å². The molecule has 0 radical (unpaired) electrons. The van der Waals surface area contributed by atoms with E-state index in [-0.39, 0.29) is 29.9 Å². The summed E-state index contributed by atoms with van der Waals surface area (Å²) in [5, 5.41) is 3.15. The number of benzene rings is 1. The van der Waals surface area contributed by atoms with E-state index in [1.54, 1.807) is 0 Å². The molecule has 7 nitrogen and oxygen atoms in total. The summed E-state index contributed by atoms with van der Waals surface area (Å²) in [6.07, 6.45) is -0.176. The van der Waals surface area contributed by atoms with Crippen molar-refractivity contribution in [1.82, 2.24) is 9.62 Å². The Bertz CT molecular complexity index is 771. The molecule has 0 unspecified atom stereocenters. The minimum atomic E-state index is -3.62. The van der Waals surface area contributed by atoms with Crippen molar-refractivity contribution in [1.29, 1.82) is 0 Å². The molecule has 1 aliphatic heterocycles. The molecule has 150 valence electrons. The number of sulfonamides is 1. The van der Waals surface area contributed by atoms with Crippen molar-refractivity contribution in [3.05, 3.63) is 29.3 Å². The summed E-state index contributed by atoms with van der Waals surface area (Å²) in [6.45, 7) is 5.61. The van der Waals surface area contributed by atoms with Crippen molar-refractivity contribution >= 4 is 33.5 Å². The summed E-state index contributed by atoms with van der Waals surface area (Å²) in [7, 11) is -3.62. The van der Waals surface area contributed by atoms with Crippen LogP contribution in [0.15, 0.2) is 29.2 Å². The third-order valence-corrected chi connectivity index (χ3v) is 6.50. The molecule has 1 fully saturated rings. The van der Waals surface area contributed by atoms with Crippen LogP contribution >= 0.6 is 11.6 Å². The topological polar surface area (TPSA) is 92.8 Å². The zero-order valence-corrected chi connectivity index (χ0v) is 17.2. The minimum absolute atomic E-state index is 0.0417. The van der Waals surface area contributed by atoms with Crippen LogP contribution in [0.4, 0.5) is 0 Å². The van der Waals surface area contributed by atoms with Crippen LogP contribution in [0.5, 0.6) is 0 Å². The molecule has 0 saturated carbocycles. The molecule has 1 heterocycles. The lowest BCUT2D eigenvalue weighted by Crippen LogP contribution is -2.43. The van der Waals surface area contributed by atoms with Crippen LogP contribution in [-0.2, 0) is 24.3 Å². The number of nitrogens with one attached hydrogen (secondary N) is 1. The van der Waals surface area contributed by atoms with Crippen molar-refractivity contribution in [2.45, 2.75) is 50.7 Å². The van der Waals surface area contributed by atoms with Gasteiger partial charge in [0.05, 0.1) is 10.8 Å². The first kappa shape index (κ1) is 21.7. The van der Waals surface area contributed by atoms with Gasteiger partial charge in [-0.1, -0.05) is 11.6 Å². The molecule has 1 aromatic carbocycles. The van der Waals surface area contributed by atoms with E-state index in [1.807, 2.05) is 13.8 Å². The number of esters is 1. The van der Waals surface area contributed by atoms with E-state index in [0.717, 1.165) is 0 Å². The molecular formula is C18H25ClN2O5S. The predicted molar refractivity (Wildman–Crippen MR) is 102 cm³/mol. The molecule has 1 aromatic rings. The zero-order valence-electron chi connectivity index (χ0n) is 15.6. The summed E-state index contributed by atoms with van der Waals surface area (Å²) in [5.74, 6) is -1.23. The number of nitrogens with zero attached hydrogens (tertiary/aromatic N) is 1. The molecule has 0 bridgehead atoms. The van der Waals surface area contributed by atoms with Crippen LogP contribution in [0.25, 0.3) is 0 Å². The lowest BCUT2D eigenvalue weighted by Gasteiger charge is -2.30. The predicted octanol–water partition coefficient (Wildman–Crippen LogP) is 2.20. The maximum absolute atomic E-state index is 12.7. The third kappa shape index (κ3) is 5.67. The number of carbonyl (C=O) groups is 2. The number of amides is 1. The SMILES string of the molecule is CC(C)NC(=O)[C@H](C)OC(=O)C1CCN(S(=O)(=O)c2ccc(Cl)cc2)CC1. The summed E-state index contributed by atoms with van der Waals surface area (Å²) in [6, 6.07) is 5.95. The Kier molecular flexibility index (Phi) is 7.25. The standard InChI is InChI=1S/C18H25ClN2O5S/c1-12(2)20-17(22)13(3)26-18(23)14-8-10-21(11-9-14)27(24,25)16-6-4-15(19)5-7-16/h4-7,12-14H,8-11H2,1-3H3,(H,20,22)/t13-/m0/s1. The lowest BCUT2D eigenvalue weighted by molar-refractivity contribution is -0.160. The lowest BCUT2D eigenvalue weighted by atomic mass is 9.98. The molecule has 9 heteroatoms. The van der Waals surface area contributed by atoms with Crippen LogP contribution in [0.3, 0.4) is 0 Å². The van der Waals surface area contributed by atoms with Gasteiger partial charge in [0.25, 0.3) is 5.91 Å². The van der Waals surface area contributed by atoms with E-state index in [0.29, 0.717) is 17.9 Å². The molecular weight excluding hydrogens is 392 g/mol. The van der Waals surface area contributed by atoms with Crippen LogP contribution in [0.2, 0.25) is 5.02 Å². The first-order chi connectivity index (χ1) is 12.6. The maximum atomic E-state index is 12.7. The highest BCUT2D eigenvalue weighted by molar-refractivity contribution is 7.89. The first-order valence-electron chi connectivity index (χ1n) is 8.88. The Labute approximate surface area is 165 Å². The smallest absolute Gasteiger partial charge is 0.309 e. The number of rotatable bonds is 6. The van der Waals surface area contributed by atoms with Gasteiger partial charge in [0, 0.05) is 24.2 Å². The molecule has 1 N–H and O–H groups in total. The fourth-order valence-corrected chi connectivity index (χ4v) is 4.41. The van der Waals surface area contributed by atoms with E-state index >= 15 is 0 Å². The zero-order chi connectivity index (χ0) is 20.2. The number of carbonyl (C=O) groups excluding carboxylic acids is 2. The Hall–Kier alpha value is -1.64. The van der Waals surface area contributed by atoms with Crippen molar-refractivity contribution in [3.63, 3.8) is 0 Å². The third-order valence-electron chi connectivity index (χ3n) is 4.33. The number of ether oxygens (including phenoxy) is 1. The second-order valence-corrected chi connectivity index (χ2v) is 9.25. The van der Waals surface area contributed by atoms with Gasteiger partial charge in [0.2, 0.25) is 10.0 Å². The average Bonchev–Trinajstić information content (AvgIpc) is 2.61. The van der Waals surface area contributed by atoms with Crippen LogP contribution in [0.1, 0.15) is 33.6 Å². The van der Waals surface area contributed by atoms with Crippen molar-refractivity contribution in [2.24, 2.45) is 5.92 Å². The van der Waals surface area contributed by atoms with Gasteiger partial charge in [-0.3, -0.25) is 9.59 Å². The van der Waals surface area contributed by atoms with E-state index in [2.05, 4.69) is 5.32 Å². The maximum Gasteiger partial charge on any atom is 0.309 e. The van der Waals surface area contributed by atoms with Crippen molar-refractivity contribution in [2.75, 3.05) is 13.1 Å². The van der Waals surface area contributed by atoms with Gasteiger partial charge in [-0.05, 0) is 57.9 Å². The number of piperidine rings is 1. The van der Waals surface area contributed by atoms with Gasteiger partial charge in [-0.25, -0.2) is 8.42 Å². The molecule has 0 spiro atoms. The molecule has 0 aliphatic carbocycles. The second-order valence-electron chi connectivity index (χ2n) is 6.87.